The minimum atomic E-state index is -0.156. The minimum Gasteiger partial charge on any atom is -0.378 e. The number of rotatable bonds is 6. The SMILES string of the molecule is CC(C)(C#N)CCCCOC1CCC1. The molecule has 0 unspecified atom stereocenters. The largest absolute Gasteiger partial charge is 0.378 e. The Hall–Kier alpha value is -0.550. The highest BCUT2D eigenvalue weighted by Crippen LogP contribution is 2.24. The van der Waals surface area contributed by atoms with E-state index in [1.54, 1.807) is 0 Å². The van der Waals surface area contributed by atoms with Crippen LogP contribution in [0.3, 0.4) is 0 Å². The van der Waals surface area contributed by atoms with Crippen LogP contribution in [0.1, 0.15) is 52.4 Å². The van der Waals surface area contributed by atoms with E-state index < -0.39 is 0 Å². The highest BCUT2D eigenvalue weighted by molar-refractivity contribution is 4.91. The van der Waals surface area contributed by atoms with Crippen LogP contribution in [0.25, 0.3) is 0 Å². The van der Waals surface area contributed by atoms with Crippen molar-refractivity contribution in [2.24, 2.45) is 5.41 Å². The first kappa shape index (κ1) is 11.5. The maximum Gasteiger partial charge on any atom is 0.0683 e. The molecule has 1 fully saturated rings. The Kier molecular flexibility index (Phi) is 4.41. The van der Waals surface area contributed by atoms with Gasteiger partial charge in [-0.2, -0.15) is 5.26 Å². The molecule has 0 spiro atoms. The Morgan fingerprint density at radius 2 is 2.07 bits per heavy atom. The fourth-order valence-electron chi connectivity index (χ4n) is 1.51. The molecule has 2 nitrogen and oxygen atoms in total. The van der Waals surface area contributed by atoms with Crippen LogP contribution in [-0.2, 0) is 4.74 Å². The molecule has 1 aliphatic rings. The summed E-state index contributed by atoms with van der Waals surface area (Å²) >= 11 is 0. The third-order valence-electron chi connectivity index (χ3n) is 2.90. The van der Waals surface area contributed by atoms with Crippen molar-refractivity contribution in [3.05, 3.63) is 0 Å². The Morgan fingerprint density at radius 3 is 2.57 bits per heavy atom. The summed E-state index contributed by atoms with van der Waals surface area (Å²) in [5.74, 6) is 0. The van der Waals surface area contributed by atoms with Crippen molar-refractivity contribution in [3.8, 4) is 6.07 Å². The summed E-state index contributed by atoms with van der Waals surface area (Å²) in [5, 5.41) is 8.80. The average Bonchev–Trinajstić information content (AvgIpc) is 2.08. The highest BCUT2D eigenvalue weighted by Gasteiger charge is 2.18. The molecule has 2 heteroatoms. The molecule has 0 aliphatic heterocycles. The molecule has 0 aromatic heterocycles. The van der Waals surface area contributed by atoms with E-state index in [2.05, 4.69) is 6.07 Å². The molecule has 0 amide bonds. The van der Waals surface area contributed by atoms with Gasteiger partial charge in [0.05, 0.1) is 17.6 Å². The molecule has 0 saturated heterocycles. The topological polar surface area (TPSA) is 33.0 Å². The van der Waals surface area contributed by atoms with Crippen LogP contribution in [0.15, 0.2) is 0 Å². The Labute approximate surface area is 87.3 Å². The zero-order valence-corrected chi connectivity index (χ0v) is 9.38. The molecule has 1 saturated carbocycles. The lowest BCUT2D eigenvalue weighted by Gasteiger charge is -2.25. The van der Waals surface area contributed by atoms with Gasteiger partial charge in [0, 0.05) is 6.61 Å². The fraction of sp³-hybridized carbons (Fsp3) is 0.917. The van der Waals surface area contributed by atoms with Gasteiger partial charge in [-0.05, 0) is 52.4 Å². The van der Waals surface area contributed by atoms with Crippen LogP contribution < -0.4 is 0 Å². The van der Waals surface area contributed by atoms with Gasteiger partial charge in [0.2, 0.25) is 0 Å². The van der Waals surface area contributed by atoms with E-state index in [-0.39, 0.29) is 5.41 Å². The molecule has 0 bridgehead atoms. The molecule has 80 valence electrons. The summed E-state index contributed by atoms with van der Waals surface area (Å²) in [4.78, 5) is 0. The molecular weight excluding hydrogens is 174 g/mol. The lowest BCUT2D eigenvalue weighted by molar-refractivity contribution is 0.000219. The van der Waals surface area contributed by atoms with Crippen molar-refractivity contribution in [2.75, 3.05) is 6.61 Å². The molecule has 0 heterocycles. The third kappa shape index (κ3) is 4.11. The minimum absolute atomic E-state index is 0.156. The Bertz CT molecular complexity index is 201. The van der Waals surface area contributed by atoms with Crippen molar-refractivity contribution in [1.29, 1.82) is 5.26 Å². The number of unbranched alkanes of at least 4 members (excludes halogenated alkanes) is 1. The van der Waals surface area contributed by atoms with E-state index in [0.717, 1.165) is 25.9 Å². The summed E-state index contributed by atoms with van der Waals surface area (Å²) in [6.45, 7) is 4.88. The van der Waals surface area contributed by atoms with Gasteiger partial charge in [-0.15, -0.1) is 0 Å². The molecule has 1 aliphatic carbocycles. The maximum absolute atomic E-state index is 8.80. The van der Waals surface area contributed by atoms with Gasteiger partial charge in [-0.3, -0.25) is 0 Å². The van der Waals surface area contributed by atoms with Crippen LogP contribution >= 0.6 is 0 Å². The van der Waals surface area contributed by atoms with Crippen LogP contribution in [0.5, 0.6) is 0 Å². The number of nitrogens with zero attached hydrogens (tertiary/aromatic N) is 1. The lowest BCUT2D eigenvalue weighted by atomic mass is 9.89. The van der Waals surface area contributed by atoms with Crippen LogP contribution in [0.4, 0.5) is 0 Å². The maximum atomic E-state index is 8.80. The van der Waals surface area contributed by atoms with Gasteiger partial charge in [-0.25, -0.2) is 0 Å². The van der Waals surface area contributed by atoms with E-state index >= 15 is 0 Å². The van der Waals surface area contributed by atoms with Crippen molar-refractivity contribution < 1.29 is 4.74 Å². The van der Waals surface area contributed by atoms with E-state index in [9.17, 15) is 0 Å². The molecule has 0 N–H and O–H groups in total. The van der Waals surface area contributed by atoms with E-state index in [1.165, 1.54) is 19.3 Å². The second-order valence-corrected chi connectivity index (χ2v) is 4.88. The monoisotopic (exact) mass is 195 g/mol. The van der Waals surface area contributed by atoms with Crippen molar-refractivity contribution >= 4 is 0 Å². The van der Waals surface area contributed by atoms with Gasteiger partial charge in [0.15, 0.2) is 0 Å². The van der Waals surface area contributed by atoms with Gasteiger partial charge in [0.1, 0.15) is 0 Å². The molecule has 0 radical (unpaired) electrons. The number of ether oxygens (including phenoxy) is 1. The van der Waals surface area contributed by atoms with Crippen molar-refractivity contribution in [3.63, 3.8) is 0 Å². The second-order valence-electron chi connectivity index (χ2n) is 4.88. The van der Waals surface area contributed by atoms with E-state index in [4.69, 9.17) is 10.00 Å². The van der Waals surface area contributed by atoms with Gasteiger partial charge in [0.25, 0.3) is 0 Å². The number of nitriles is 1. The molecule has 0 atom stereocenters. The zero-order valence-electron chi connectivity index (χ0n) is 9.38. The predicted octanol–water partition coefficient (Wildman–Crippen LogP) is 3.28. The van der Waals surface area contributed by atoms with E-state index in [0.29, 0.717) is 6.10 Å². The fourth-order valence-corrected chi connectivity index (χ4v) is 1.51. The van der Waals surface area contributed by atoms with Crippen LogP contribution in [-0.4, -0.2) is 12.7 Å². The summed E-state index contributed by atoms with van der Waals surface area (Å²) in [6.07, 6.45) is 7.59. The first-order valence-electron chi connectivity index (χ1n) is 5.67. The van der Waals surface area contributed by atoms with Gasteiger partial charge in [-0.1, -0.05) is 0 Å². The Balaban J connectivity index is 1.91. The quantitative estimate of drug-likeness (QED) is 0.609. The normalized spacial score (nSPS) is 17.5. The lowest BCUT2D eigenvalue weighted by Crippen LogP contribution is -2.22. The molecule has 1 rings (SSSR count). The van der Waals surface area contributed by atoms with Crippen molar-refractivity contribution in [2.45, 2.75) is 58.5 Å². The molecule has 0 aromatic rings. The zero-order chi connectivity index (χ0) is 10.4. The standard InChI is InChI=1S/C12H21NO/c1-12(2,10-13)8-3-4-9-14-11-6-5-7-11/h11H,3-9H2,1-2H3. The van der Waals surface area contributed by atoms with Gasteiger partial charge < -0.3 is 4.74 Å². The number of hydrogen-bond donors (Lipinski definition) is 0. The summed E-state index contributed by atoms with van der Waals surface area (Å²) in [6, 6.07) is 2.32. The van der Waals surface area contributed by atoms with Crippen LogP contribution in [0, 0.1) is 16.7 Å². The Morgan fingerprint density at radius 1 is 1.36 bits per heavy atom. The third-order valence-corrected chi connectivity index (χ3v) is 2.90. The van der Waals surface area contributed by atoms with Crippen molar-refractivity contribution in [1.82, 2.24) is 0 Å². The summed E-state index contributed by atoms with van der Waals surface area (Å²) < 4.78 is 5.64. The summed E-state index contributed by atoms with van der Waals surface area (Å²) in [5.41, 5.74) is -0.156. The van der Waals surface area contributed by atoms with E-state index in [1.807, 2.05) is 13.8 Å². The molecular formula is C12H21NO. The average molecular weight is 195 g/mol. The smallest absolute Gasteiger partial charge is 0.0683 e. The molecule has 0 aromatic carbocycles. The first-order valence-corrected chi connectivity index (χ1v) is 5.67. The van der Waals surface area contributed by atoms with Gasteiger partial charge >= 0.3 is 0 Å². The first-order chi connectivity index (χ1) is 6.64. The second kappa shape index (κ2) is 5.36. The molecule has 14 heavy (non-hydrogen) atoms. The summed E-state index contributed by atoms with van der Waals surface area (Å²) in [7, 11) is 0. The number of hydrogen-bond acceptors (Lipinski definition) is 2. The highest BCUT2D eigenvalue weighted by atomic mass is 16.5. The van der Waals surface area contributed by atoms with Crippen LogP contribution in [0.2, 0.25) is 0 Å². The predicted molar refractivity (Wildman–Crippen MR) is 56.8 cm³/mol.